The molecule has 0 amide bonds. The Morgan fingerprint density at radius 3 is 2.17 bits per heavy atom. The Bertz CT molecular complexity index is 914. The highest BCUT2D eigenvalue weighted by Crippen LogP contribution is 2.56. The Labute approximate surface area is 144 Å². The zero-order valence-electron chi connectivity index (χ0n) is 14.4. The highest BCUT2D eigenvalue weighted by molar-refractivity contribution is 6.69. The zero-order chi connectivity index (χ0) is 16.4. The number of rotatable bonds is 2. The van der Waals surface area contributed by atoms with Gasteiger partial charge in [0, 0.05) is 5.39 Å². The monoisotopic (exact) mass is 313 g/mol. The molecule has 1 saturated carbocycles. The molecule has 0 atom stereocenters. The van der Waals surface area contributed by atoms with Crippen molar-refractivity contribution in [3.05, 3.63) is 59.9 Å². The molecule has 0 spiro atoms. The average Bonchev–Trinajstić information content (AvgIpc) is 2.99. The lowest BCUT2D eigenvalue weighted by atomic mass is 9.52. The summed E-state index contributed by atoms with van der Waals surface area (Å²) in [6.45, 7) is 4.90. The normalized spacial score (nSPS) is 28.1. The predicted molar refractivity (Wildman–Crippen MR) is 101 cm³/mol. The summed E-state index contributed by atoms with van der Waals surface area (Å²) in [5.74, 6) is 0. The first-order valence-corrected chi connectivity index (χ1v) is 9.04. The van der Waals surface area contributed by atoms with E-state index in [1.807, 2.05) is 6.26 Å². The molecule has 1 aromatic heterocycles. The van der Waals surface area contributed by atoms with E-state index in [1.54, 1.807) is 5.56 Å². The predicted octanol–water partition coefficient (Wildman–Crippen LogP) is 4.19. The van der Waals surface area contributed by atoms with Crippen molar-refractivity contribution < 1.29 is 4.42 Å². The Morgan fingerprint density at radius 2 is 1.50 bits per heavy atom. The molecule has 1 nitrogen and oxygen atoms in total. The van der Waals surface area contributed by atoms with E-state index in [0.29, 0.717) is 10.8 Å². The van der Waals surface area contributed by atoms with E-state index in [0.717, 1.165) is 5.58 Å². The molecule has 6 rings (SSSR count). The molecule has 24 heavy (non-hydrogen) atoms. The molecule has 1 radical (unpaired) electrons. The van der Waals surface area contributed by atoms with Crippen LogP contribution >= 0.6 is 0 Å². The number of fused-ring (bicyclic) bond motifs is 3. The first-order valence-electron chi connectivity index (χ1n) is 9.04. The molecule has 0 unspecified atom stereocenters. The fourth-order valence-corrected chi connectivity index (χ4v) is 4.82. The maximum absolute atomic E-state index is 5.94. The van der Waals surface area contributed by atoms with Gasteiger partial charge in [-0.3, -0.25) is 0 Å². The maximum atomic E-state index is 5.94. The first kappa shape index (κ1) is 14.4. The topological polar surface area (TPSA) is 13.1 Å². The molecule has 0 saturated heterocycles. The number of hydrogen-bond acceptors (Lipinski definition) is 1. The standard InChI is InChI=1S/C22H22BO/c1-21-8-10-22(2,11-9-21)18-13-20-16(12-17(18)21)19(14-24-20)23-15-6-4-3-5-7-15/h3-7,12-14H,8-11H2,1-2H3. The first-order chi connectivity index (χ1) is 11.6. The fourth-order valence-electron chi connectivity index (χ4n) is 4.82. The molecule has 0 N–H and O–H groups in total. The summed E-state index contributed by atoms with van der Waals surface area (Å²) in [6.07, 6.45) is 7.17. The van der Waals surface area contributed by atoms with Crippen molar-refractivity contribution in [2.45, 2.75) is 50.4 Å². The van der Waals surface area contributed by atoms with Gasteiger partial charge in [0.25, 0.3) is 0 Å². The molecule has 1 heterocycles. The second kappa shape index (κ2) is 4.78. The largest absolute Gasteiger partial charge is 0.465 e. The van der Waals surface area contributed by atoms with Gasteiger partial charge in [-0.1, -0.05) is 49.6 Å². The van der Waals surface area contributed by atoms with E-state index in [4.69, 9.17) is 4.42 Å². The molecule has 3 aliphatic carbocycles. The summed E-state index contributed by atoms with van der Waals surface area (Å²) in [4.78, 5) is 0. The summed E-state index contributed by atoms with van der Waals surface area (Å²) in [5, 5.41) is 1.26. The zero-order valence-corrected chi connectivity index (χ0v) is 14.4. The minimum atomic E-state index is 0.345. The molecule has 3 aliphatic rings. The van der Waals surface area contributed by atoms with Gasteiger partial charge in [-0.2, -0.15) is 0 Å². The third-order valence-corrected chi connectivity index (χ3v) is 6.62. The van der Waals surface area contributed by atoms with Crippen LogP contribution in [-0.4, -0.2) is 7.28 Å². The van der Waals surface area contributed by atoms with Crippen LogP contribution in [-0.2, 0) is 10.8 Å². The summed E-state index contributed by atoms with van der Waals surface area (Å²) >= 11 is 0. The summed E-state index contributed by atoms with van der Waals surface area (Å²) < 4.78 is 5.94. The second-order valence-electron chi connectivity index (χ2n) is 8.26. The van der Waals surface area contributed by atoms with Gasteiger partial charge >= 0.3 is 0 Å². The van der Waals surface area contributed by atoms with Crippen molar-refractivity contribution in [1.82, 2.24) is 0 Å². The average molecular weight is 313 g/mol. The van der Waals surface area contributed by atoms with Gasteiger partial charge in [0.2, 0.25) is 0 Å². The Morgan fingerprint density at radius 1 is 0.875 bits per heavy atom. The number of furan rings is 1. The van der Waals surface area contributed by atoms with Gasteiger partial charge in [-0.15, -0.1) is 0 Å². The van der Waals surface area contributed by atoms with Crippen LogP contribution in [0.4, 0.5) is 0 Å². The lowest BCUT2D eigenvalue weighted by molar-refractivity contribution is 0.188. The third kappa shape index (κ3) is 1.95. The van der Waals surface area contributed by atoms with Crippen molar-refractivity contribution in [2.75, 3.05) is 0 Å². The van der Waals surface area contributed by atoms with Gasteiger partial charge in [0.05, 0.1) is 6.26 Å². The van der Waals surface area contributed by atoms with Crippen LogP contribution in [0.15, 0.2) is 53.1 Å². The highest BCUT2D eigenvalue weighted by atomic mass is 16.3. The molecule has 2 bridgehead atoms. The van der Waals surface area contributed by atoms with Crippen molar-refractivity contribution in [2.24, 2.45) is 0 Å². The molecular weight excluding hydrogens is 291 g/mol. The van der Waals surface area contributed by atoms with E-state index in [1.165, 1.54) is 47.6 Å². The highest BCUT2D eigenvalue weighted by Gasteiger charge is 2.47. The van der Waals surface area contributed by atoms with Gasteiger partial charge in [-0.05, 0) is 65.2 Å². The molecule has 1 fully saturated rings. The van der Waals surface area contributed by atoms with Crippen LogP contribution < -0.4 is 10.9 Å². The third-order valence-electron chi connectivity index (χ3n) is 6.62. The number of hydrogen-bond donors (Lipinski definition) is 0. The molecule has 0 aliphatic heterocycles. The Kier molecular flexibility index (Phi) is 2.87. The number of benzene rings is 2. The van der Waals surface area contributed by atoms with Gasteiger partial charge < -0.3 is 4.42 Å². The Hall–Kier alpha value is -1.96. The van der Waals surface area contributed by atoms with Crippen LogP contribution in [0.3, 0.4) is 0 Å². The van der Waals surface area contributed by atoms with Crippen LogP contribution in [0.25, 0.3) is 11.0 Å². The van der Waals surface area contributed by atoms with Gasteiger partial charge in [0.15, 0.2) is 7.28 Å². The smallest absolute Gasteiger partial charge is 0.196 e. The maximum Gasteiger partial charge on any atom is 0.196 e. The quantitative estimate of drug-likeness (QED) is 0.647. The van der Waals surface area contributed by atoms with Crippen molar-refractivity contribution in [3.8, 4) is 0 Å². The lowest BCUT2D eigenvalue weighted by Gasteiger charge is -2.52. The van der Waals surface area contributed by atoms with Crippen molar-refractivity contribution in [1.29, 1.82) is 0 Å². The molecule has 119 valence electrons. The van der Waals surface area contributed by atoms with E-state index < -0.39 is 0 Å². The summed E-state index contributed by atoms with van der Waals surface area (Å²) in [5.41, 5.74) is 7.25. The minimum absolute atomic E-state index is 0.345. The van der Waals surface area contributed by atoms with Gasteiger partial charge in [-0.25, -0.2) is 0 Å². The van der Waals surface area contributed by atoms with Crippen molar-refractivity contribution >= 4 is 29.2 Å². The van der Waals surface area contributed by atoms with E-state index in [2.05, 4.69) is 63.6 Å². The van der Waals surface area contributed by atoms with Crippen molar-refractivity contribution in [3.63, 3.8) is 0 Å². The SMILES string of the molecule is CC12CCC(C)(CC1)c1cc3c([B]c4ccccc4)coc3cc12. The van der Waals surface area contributed by atoms with Gasteiger partial charge in [0.1, 0.15) is 5.58 Å². The fraction of sp³-hybridized carbons (Fsp3) is 0.364. The Balaban J connectivity index is 1.67. The van der Waals surface area contributed by atoms with Crippen LogP contribution in [0.1, 0.15) is 50.7 Å². The molecule has 2 aromatic carbocycles. The minimum Gasteiger partial charge on any atom is -0.465 e. The molecule has 3 aromatic rings. The van der Waals surface area contributed by atoms with Crippen LogP contribution in [0.5, 0.6) is 0 Å². The van der Waals surface area contributed by atoms with E-state index >= 15 is 0 Å². The summed E-state index contributed by atoms with van der Waals surface area (Å²) in [6, 6.07) is 15.3. The molecular formula is C22H22BO. The molecule has 2 heteroatoms. The van der Waals surface area contributed by atoms with Crippen LogP contribution in [0.2, 0.25) is 0 Å². The van der Waals surface area contributed by atoms with E-state index in [9.17, 15) is 0 Å². The van der Waals surface area contributed by atoms with E-state index in [-0.39, 0.29) is 0 Å². The summed E-state index contributed by atoms with van der Waals surface area (Å²) in [7, 11) is 2.23. The lowest BCUT2D eigenvalue weighted by Crippen LogP contribution is -2.44. The van der Waals surface area contributed by atoms with Crippen LogP contribution in [0, 0.1) is 0 Å². The second-order valence-corrected chi connectivity index (χ2v) is 8.26.